The molecule has 0 aliphatic carbocycles. The zero-order chi connectivity index (χ0) is 5.98. The van der Waals surface area contributed by atoms with E-state index in [4.69, 9.17) is 0 Å². The Hall–Kier alpha value is 0.430. The van der Waals surface area contributed by atoms with Crippen LogP contribution in [0.4, 0.5) is 0 Å². The van der Waals surface area contributed by atoms with Crippen molar-refractivity contribution in [3.63, 3.8) is 0 Å². The van der Waals surface area contributed by atoms with E-state index in [0.29, 0.717) is 7.92 Å². The first kappa shape index (κ1) is 6.55. The molecule has 0 radical (unpaired) electrons. The molecule has 0 aromatic heterocycles. The van der Waals surface area contributed by atoms with Crippen LogP contribution >= 0.6 is 7.92 Å². The van der Waals surface area contributed by atoms with Gasteiger partial charge < -0.3 is 0 Å². The summed E-state index contributed by atoms with van der Waals surface area (Å²) >= 11 is 0. The molecule has 2 atom stereocenters. The van der Waals surface area contributed by atoms with Gasteiger partial charge in [0.25, 0.3) is 0 Å². The van der Waals surface area contributed by atoms with Crippen molar-refractivity contribution in [2.45, 2.75) is 31.8 Å². The largest absolute Gasteiger partial charge is 0.107 e. The molecule has 0 spiro atoms. The molecule has 1 saturated heterocycles. The highest BCUT2D eigenvalue weighted by atomic mass is 31.1. The fourth-order valence-electron chi connectivity index (χ4n) is 1.50. The maximum atomic E-state index is 2.45. The molecule has 48 valence electrons. The molecule has 1 fully saturated rings. The van der Waals surface area contributed by atoms with Crippen LogP contribution in [0.3, 0.4) is 0 Å². The minimum atomic E-state index is 0.471. The standard InChI is InChI=1S/C7H15P/c1-3-7-5-4-6-8(7)2/h7H,3-6H2,1-2H3. The lowest BCUT2D eigenvalue weighted by Crippen LogP contribution is -1.94. The summed E-state index contributed by atoms with van der Waals surface area (Å²) in [5, 5.41) is 0. The Bertz CT molecular complexity index is 70.8. The normalized spacial score (nSPS) is 38.2. The van der Waals surface area contributed by atoms with Crippen molar-refractivity contribution in [2.75, 3.05) is 12.8 Å². The van der Waals surface area contributed by atoms with Gasteiger partial charge in [0.05, 0.1) is 0 Å². The van der Waals surface area contributed by atoms with Gasteiger partial charge in [0.2, 0.25) is 0 Å². The molecule has 8 heavy (non-hydrogen) atoms. The summed E-state index contributed by atoms with van der Waals surface area (Å²) in [6.45, 7) is 4.78. The van der Waals surface area contributed by atoms with E-state index < -0.39 is 0 Å². The first-order valence-electron chi connectivity index (χ1n) is 3.55. The fourth-order valence-corrected chi connectivity index (χ4v) is 3.79. The van der Waals surface area contributed by atoms with E-state index in [2.05, 4.69) is 13.6 Å². The molecule has 1 rings (SSSR count). The lowest BCUT2D eigenvalue weighted by atomic mass is 10.2. The zero-order valence-corrected chi connectivity index (χ0v) is 6.75. The predicted molar refractivity (Wildman–Crippen MR) is 41.0 cm³/mol. The fraction of sp³-hybridized carbons (Fsp3) is 1.00. The molecule has 0 N–H and O–H groups in total. The van der Waals surface area contributed by atoms with Gasteiger partial charge in [-0.3, -0.25) is 0 Å². The van der Waals surface area contributed by atoms with Gasteiger partial charge in [0.1, 0.15) is 0 Å². The second kappa shape index (κ2) is 2.82. The second-order valence-corrected chi connectivity index (χ2v) is 5.38. The highest BCUT2D eigenvalue weighted by Gasteiger charge is 2.19. The Balaban J connectivity index is 2.30. The first-order valence-corrected chi connectivity index (χ1v) is 5.59. The van der Waals surface area contributed by atoms with Gasteiger partial charge in [-0.25, -0.2) is 0 Å². The Morgan fingerprint density at radius 2 is 2.38 bits per heavy atom. The Labute approximate surface area is 53.4 Å². The highest BCUT2D eigenvalue weighted by Crippen LogP contribution is 2.47. The molecule has 1 heterocycles. The van der Waals surface area contributed by atoms with Crippen LogP contribution in [0.2, 0.25) is 0 Å². The highest BCUT2D eigenvalue weighted by molar-refractivity contribution is 7.57. The SMILES string of the molecule is CCC1CCCP1C. The average molecular weight is 130 g/mol. The molecule has 1 aliphatic rings. The molecule has 0 aromatic carbocycles. The maximum Gasteiger partial charge on any atom is -0.0214 e. The lowest BCUT2D eigenvalue weighted by molar-refractivity contribution is 0.756. The average Bonchev–Trinajstić information content (AvgIpc) is 2.14. The Morgan fingerprint density at radius 3 is 2.62 bits per heavy atom. The summed E-state index contributed by atoms with van der Waals surface area (Å²) < 4.78 is 0. The summed E-state index contributed by atoms with van der Waals surface area (Å²) in [4.78, 5) is 0. The van der Waals surface area contributed by atoms with E-state index in [1.165, 1.54) is 19.3 Å². The van der Waals surface area contributed by atoms with Crippen LogP contribution in [0, 0.1) is 0 Å². The molecule has 0 amide bonds. The molecular formula is C7H15P. The quantitative estimate of drug-likeness (QED) is 0.479. The lowest BCUT2D eigenvalue weighted by Gasteiger charge is -2.11. The van der Waals surface area contributed by atoms with E-state index in [-0.39, 0.29) is 0 Å². The predicted octanol–water partition coefficient (Wildman–Crippen LogP) is 2.67. The van der Waals surface area contributed by atoms with Crippen molar-refractivity contribution in [2.24, 2.45) is 0 Å². The van der Waals surface area contributed by atoms with E-state index in [0.717, 1.165) is 5.66 Å². The van der Waals surface area contributed by atoms with Gasteiger partial charge in [-0.05, 0) is 37.7 Å². The monoisotopic (exact) mass is 130 g/mol. The smallest absolute Gasteiger partial charge is 0.0214 e. The number of hydrogen-bond donors (Lipinski definition) is 0. The zero-order valence-electron chi connectivity index (χ0n) is 5.85. The number of hydrogen-bond acceptors (Lipinski definition) is 0. The maximum absolute atomic E-state index is 2.45. The van der Waals surface area contributed by atoms with E-state index in [9.17, 15) is 0 Å². The summed E-state index contributed by atoms with van der Waals surface area (Å²) in [6.07, 6.45) is 6.02. The summed E-state index contributed by atoms with van der Waals surface area (Å²) in [5.74, 6) is 0. The molecule has 2 unspecified atom stereocenters. The third kappa shape index (κ3) is 1.23. The Kier molecular flexibility index (Phi) is 2.31. The van der Waals surface area contributed by atoms with Gasteiger partial charge in [0, 0.05) is 0 Å². The summed E-state index contributed by atoms with van der Waals surface area (Å²) in [6, 6.07) is 0. The van der Waals surface area contributed by atoms with Gasteiger partial charge in [-0.2, -0.15) is 0 Å². The Morgan fingerprint density at radius 1 is 1.62 bits per heavy atom. The first-order chi connectivity index (χ1) is 3.84. The number of rotatable bonds is 1. The van der Waals surface area contributed by atoms with Crippen LogP contribution in [-0.4, -0.2) is 18.5 Å². The van der Waals surface area contributed by atoms with Crippen LogP contribution in [0.1, 0.15) is 26.2 Å². The second-order valence-electron chi connectivity index (χ2n) is 2.68. The van der Waals surface area contributed by atoms with E-state index >= 15 is 0 Å². The third-order valence-corrected chi connectivity index (χ3v) is 5.03. The van der Waals surface area contributed by atoms with Crippen molar-refractivity contribution >= 4 is 7.92 Å². The van der Waals surface area contributed by atoms with Crippen molar-refractivity contribution in [1.29, 1.82) is 0 Å². The van der Waals surface area contributed by atoms with Crippen LogP contribution in [-0.2, 0) is 0 Å². The van der Waals surface area contributed by atoms with Crippen molar-refractivity contribution < 1.29 is 0 Å². The van der Waals surface area contributed by atoms with Crippen LogP contribution < -0.4 is 0 Å². The minimum absolute atomic E-state index is 0.471. The topological polar surface area (TPSA) is 0 Å². The summed E-state index contributed by atoms with van der Waals surface area (Å²) in [7, 11) is 0.471. The van der Waals surface area contributed by atoms with Gasteiger partial charge in [-0.1, -0.05) is 6.92 Å². The van der Waals surface area contributed by atoms with Crippen molar-refractivity contribution in [3.8, 4) is 0 Å². The van der Waals surface area contributed by atoms with Crippen LogP contribution in [0.5, 0.6) is 0 Å². The molecule has 0 aromatic rings. The molecule has 1 heteroatoms. The van der Waals surface area contributed by atoms with Crippen molar-refractivity contribution in [1.82, 2.24) is 0 Å². The molecule has 0 nitrogen and oxygen atoms in total. The van der Waals surface area contributed by atoms with Crippen molar-refractivity contribution in [3.05, 3.63) is 0 Å². The van der Waals surface area contributed by atoms with Crippen LogP contribution in [0.25, 0.3) is 0 Å². The summed E-state index contributed by atoms with van der Waals surface area (Å²) in [5.41, 5.74) is 1.13. The minimum Gasteiger partial charge on any atom is -0.107 e. The third-order valence-electron chi connectivity index (χ3n) is 2.14. The molecule has 1 aliphatic heterocycles. The van der Waals surface area contributed by atoms with Gasteiger partial charge in [0.15, 0.2) is 0 Å². The van der Waals surface area contributed by atoms with Crippen LogP contribution in [0.15, 0.2) is 0 Å². The van der Waals surface area contributed by atoms with E-state index in [1.54, 1.807) is 6.16 Å². The van der Waals surface area contributed by atoms with E-state index in [1.807, 2.05) is 0 Å². The van der Waals surface area contributed by atoms with Gasteiger partial charge in [-0.15, -0.1) is 7.92 Å². The molecular weight excluding hydrogens is 115 g/mol. The van der Waals surface area contributed by atoms with Gasteiger partial charge >= 0.3 is 0 Å². The molecule has 0 bridgehead atoms. The molecule has 0 saturated carbocycles.